The summed E-state index contributed by atoms with van der Waals surface area (Å²) in [6, 6.07) is 39.1. The van der Waals surface area contributed by atoms with Gasteiger partial charge in [-0.25, -0.2) is 0 Å². The van der Waals surface area contributed by atoms with Crippen LogP contribution in [0.5, 0.6) is 11.5 Å². The van der Waals surface area contributed by atoms with E-state index in [1.54, 1.807) is 0 Å². The average molecular weight is 769 g/mol. The molecule has 0 saturated carbocycles. The third-order valence-corrected chi connectivity index (χ3v) is 9.97. The third-order valence-electron chi connectivity index (χ3n) is 8.91. The summed E-state index contributed by atoms with van der Waals surface area (Å²) in [6.07, 6.45) is 12.4. The Morgan fingerprint density at radius 2 is 0.812 bits per heavy atom. The van der Waals surface area contributed by atoms with Crippen LogP contribution in [0.3, 0.4) is 0 Å². The van der Waals surface area contributed by atoms with Gasteiger partial charge >= 0.3 is 0 Å². The zero-order valence-electron chi connectivity index (χ0n) is 28.5. The van der Waals surface area contributed by atoms with Crippen LogP contribution in [0, 0.1) is 0 Å². The molecule has 0 aliphatic carbocycles. The van der Waals surface area contributed by atoms with Crippen molar-refractivity contribution in [2.45, 2.75) is 91.3 Å². The van der Waals surface area contributed by atoms with E-state index in [-0.39, 0.29) is 0 Å². The Hall–Kier alpha value is -3.34. The highest BCUT2D eigenvalue weighted by Gasteiger charge is 2.16. The Labute approximate surface area is 305 Å². The fourth-order valence-electron chi connectivity index (χ4n) is 6.06. The van der Waals surface area contributed by atoms with Gasteiger partial charge in [-0.1, -0.05) is 133 Å². The van der Waals surface area contributed by atoms with Crippen molar-refractivity contribution < 1.29 is 9.47 Å². The van der Waals surface area contributed by atoms with Crippen molar-refractivity contribution in [3.63, 3.8) is 0 Å². The van der Waals surface area contributed by atoms with E-state index in [0.717, 1.165) is 44.4 Å². The largest absolute Gasteiger partial charge is 0.489 e. The van der Waals surface area contributed by atoms with Crippen LogP contribution in [0.4, 0.5) is 0 Å². The van der Waals surface area contributed by atoms with Crippen molar-refractivity contribution in [2.24, 2.45) is 0 Å². The number of hydrogen-bond acceptors (Lipinski definition) is 2. The van der Waals surface area contributed by atoms with Crippen LogP contribution in [0.15, 0.2) is 118 Å². The minimum atomic E-state index is 0.464. The summed E-state index contributed by atoms with van der Waals surface area (Å²) in [7, 11) is 0. The zero-order valence-corrected chi connectivity index (χ0v) is 31.6. The molecular formula is C44H48Br2O2. The van der Waals surface area contributed by atoms with Crippen LogP contribution in [0.1, 0.15) is 87.5 Å². The van der Waals surface area contributed by atoms with Gasteiger partial charge in [0.15, 0.2) is 0 Å². The fourth-order valence-corrected chi connectivity index (χ4v) is 6.59. The topological polar surface area (TPSA) is 18.5 Å². The maximum absolute atomic E-state index is 6.41. The number of halogens is 2. The van der Waals surface area contributed by atoms with Crippen molar-refractivity contribution in [2.75, 3.05) is 0 Å². The summed E-state index contributed by atoms with van der Waals surface area (Å²) in [4.78, 5) is 0. The summed E-state index contributed by atoms with van der Waals surface area (Å²) in [6.45, 7) is 5.46. The lowest BCUT2D eigenvalue weighted by atomic mass is 9.90. The van der Waals surface area contributed by atoms with E-state index < -0.39 is 0 Å². The van der Waals surface area contributed by atoms with E-state index in [9.17, 15) is 0 Å². The minimum absolute atomic E-state index is 0.464. The summed E-state index contributed by atoms with van der Waals surface area (Å²) in [5.74, 6) is 1.70. The van der Waals surface area contributed by atoms with Gasteiger partial charge in [-0.3, -0.25) is 0 Å². The van der Waals surface area contributed by atoms with Gasteiger partial charge in [0.25, 0.3) is 0 Å². The molecule has 250 valence electrons. The highest BCUT2D eigenvalue weighted by Crippen LogP contribution is 2.35. The summed E-state index contributed by atoms with van der Waals surface area (Å²) in [5, 5.41) is 0. The van der Waals surface area contributed by atoms with Crippen molar-refractivity contribution in [3.05, 3.63) is 140 Å². The molecule has 0 aromatic heterocycles. The van der Waals surface area contributed by atoms with Crippen molar-refractivity contribution in [3.8, 4) is 33.8 Å². The summed E-state index contributed by atoms with van der Waals surface area (Å²) in [5.41, 5.74) is 9.84. The molecule has 0 unspecified atom stereocenters. The average Bonchev–Trinajstić information content (AvgIpc) is 3.12. The van der Waals surface area contributed by atoms with Gasteiger partial charge < -0.3 is 9.47 Å². The Bertz CT molecular complexity index is 1550. The van der Waals surface area contributed by atoms with E-state index in [1.807, 2.05) is 48.5 Å². The van der Waals surface area contributed by atoms with E-state index >= 15 is 0 Å². The van der Waals surface area contributed by atoms with Gasteiger partial charge in [0.05, 0.1) is 0 Å². The Balaban J connectivity index is 1.50. The Morgan fingerprint density at radius 3 is 1.17 bits per heavy atom. The molecule has 0 heterocycles. The zero-order chi connectivity index (χ0) is 33.6. The molecule has 0 spiro atoms. The van der Waals surface area contributed by atoms with Gasteiger partial charge in [-0.2, -0.15) is 0 Å². The molecule has 48 heavy (non-hydrogen) atoms. The van der Waals surface area contributed by atoms with Gasteiger partial charge in [0.1, 0.15) is 24.7 Å². The molecular weight excluding hydrogens is 720 g/mol. The molecule has 0 atom stereocenters. The predicted molar refractivity (Wildman–Crippen MR) is 210 cm³/mol. The lowest BCUT2D eigenvalue weighted by molar-refractivity contribution is 0.303. The van der Waals surface area contributed by atoms with Crippen LogP contribution in [0.2, 0.25) is 0 Å². The van der Waals surface area contributed by atoms with Crippen LogP contribution < -0.4 is 9.47 Å². The molecule has 0 aliphatic heterocycles. The van der Waals surface area contributed by atoms with Gasteiger partial charge in [0.2, 0.25) is 0 Å². The second-order valence-electron chi connectivity index (χ2n) is 12.7. The SMILES string of the molecule is CCCCCCc1ccc(-c2cc(COc3ccc(Br)cc3)c(-c3ccc(CCCCCC)cc3)cc2COc2ccc(Br)cc2)cc1. The van der Waals surface area contributed by atoms with Crippen LogP contribution in [-0.4, -0.2) is 0 Å². The highest BCUT2D eigenvalue weighted by molar-refractivity contribution is 9.10. The fraction of sp³-hybridized carbons (Fsp3) is 0.318. The molecule has 0 fully saturated rings. The first-order chi connectivity index (χ1) is 23.5. The molecule has 5 aromatic carbocycles. The van der Waals surface area contributed by atoms with Gasteiger partial charge in [-0.05, 0) is 131 Å². The number of rotatable bonds is 18. The maximum Gasteiger partial charge on any atom is 0.119 e. The molecule has 0 saturated heterocycles. The smallest absolute Gasteiger partial charge is 0.119 e. The molecule has 0 N–H and O–H groups in total. The van der Waals surface area contributed by atoms with Crippen LogP contribution in [0.25, 0.3) is 22.3 Å². The molecule has 2 nitrogen and oxygen atoms in total. The Morgan fingerprint density at radius 1 is 0.438 bits per heavy atom. The van der Waals surface area contributed by atoms with Crippen LogP contribution in [-0.2, 0) is 26.1 Å². The standard InChI is InChI=1S/C44H48Br2O2/c1-3-5-7-9-11-33-13-17-35(18-14-33)43-29-38(32-48-42-27-23-40(46)24-28-42)44(30-37(43)31-47-41-25-21-39(45)22-26-41)36-19-15-34(16-20-36)12-10-8-6-4-2/h13-30H,3-12,31-32H2,1-2H3. The van der Waals surface area contributed by atoms with Gasteiger partial charge in [0, 0.05) is 8.95 Å². The molecule has 0 radical (unpaired) electrons. The van der Waals surface area contributed by atoms with Crippen LogP contribution >= 0.6 is 31.9 Å². The number of aryl methyl sites for hydroxylation is 2. The van der Waals surface area contributed by atoms with Crippen molar-refractivity contribution in [1.29, 1.82) is 0 Å². The number of ether oxygens (including phenoxy) is 2. The number of benzene rings is 5. The molecule has 0 bridgehead atoms. The molecule has 0 aliphatic rings. The molecule has 5 rings (SSSR count). The normalized spacial score (nSPS) is 11.1. The lowest BCUT2D eigenvalue weighted by Gasteiger charge is -2.19. The minimum Gasteiger partial charge on any atom is -0.489 e. The van der Waals surface area contributed by atoms with E-state index in [4.69, 9.17) is 9.47 Å². The maximum atomic E-state index is 6.41. The van der Waals surface area contributed by atoms with Crippen molar-refractivity contribution in [1.82, 2.24) is 0 Å². The predicted octanol–water partition coefficient (Wildman–Crippen LogP) is 13.9. The monoisotopic (exact) mass is 766 g/mol. The quantitative estimate of drug-likeness (QED) is 0.0827. The second kappa shape index (κ2) is 19.0. The first-order valence-electron chi connectivity index (χ1n) is 17.6. The number of unbranched alkanes of at least 4 members (excludes halogenated alkanes) is 6. The molecule has 5 aromatic rings. The van der Waals surface area contributed by atoms with Crippen molar-refractivity contribution >= 4 is 31.9 Å². The summed E-state index contributed by atoms with van der Waals surface area (Å²) < 4.78 is 14.9. The molecule has 4 heteroatoms. The van der Waals surface area contributed by atoms with E-state index in [2.05, 4.69) is 106 Å². The second-order valence-corrected chi connectivity index (χ2v) is 14.5. The van der Waals surface area contributed by atoms with E-state index in [0.29, 0.717) is 13.2 Å². The number of hydrogen-bond donors (Lipinski definition) is 0. The summed E-state index contributed by atoms with van der Waals surface area (Å²) >= 11 is 7.09. The van der Waals surface area contributed by atoms with E-state index in [1.165, 1.54) is 84.7 Å². The van der Waals surface area contributed by atoms with Gasteiger partial charge in [-0.15, -0.1) is 0 Å². The Kier molecular flexibility index (Phi) is 14.2. The highest BCUT2D eigenvalue weighted by atomic mass is 79.9. The first-order valence-corrected chi connectivity index (χ1v) is 19.2. The lowest BCUT2D eigenvalue weighted by Crippen LogP contribution is -2.04. The third kappa shape index (κ3) is 10.8. The molecule has 0 amide bonds. The first kappa shape index (κ1) is 36.0.